The van der Waals surface area contributed by atoms with E-state index in [-0.39, 0.29) is 12.5 Å². The summed E-state index contributed by atoms with van der Waals surface area (Å²) in [6.45, 7) is 2.06. The zero-order valence-corrected chi connectivity index (χ0v) is 9.33. The number of pyridine rings is 1. The molecule has 0 spiro atoms. The van der Waals surface area contributed by atoms with E-state index in [2.05, 4.69) is 4.98 Å². The summed E-state index contributed by atoms with van der Waals surface area (Å²) in [6.07, 6.45) is 1.62. The van der Waals surface area contributed by atoms with Gasteiger partial charge in [-0.25, -0.2) is 4.98 Å². The molecule has 0 radical (unpaired) electrons. The summed E-state index contributed by atoms with van der Waals surface area (Å²) in [5, 5.41) is 9.50. The molecule has 4 nitrogen and oxygen atoms in total. The van der Waals surface area contributed by atoms with Gasteiger partial charge in [0.2, 0.25) is 0 Å². The maximum absolute atomic E-state index is 11.1. The average molecular weight is 226 g/mol. The van der Waals surface area contributed by atoms with Gasteiger partial charge in [0.25, 0.3) is 5.91 Å². The first kappa shape index (κ1) is 12.0. The van der Waals surface area contributed by atoms with Crippen LogP contribution in [0.4, 0.5) is 0 Å². The minimum Gasteiger partial charge on any atom is -0.396 e. The average Bonchev–Trinajstić information content (AvgIpc) is 2.26. The Hall–Kier alpha value is -1.07. The molecule has 1 rings (SSSR count). The highest BCUT2D eigenvalue weighted by Crippen LogP contribution is 2.21. The van der Waals surface area contributed by atoms with Gasteiger partial charge in [-0.15, -0.1) is 11.8 Å². The van der Waals surface area contributed by atoms with Crippen LogP contribution >= 0.6 is 11.8 Å². The van der Waals surface area contributed by atoms with E-state index in [0.717, 1.165) is 0 Å². The molecule has 0 saturated carbocycles. The van der Waals surface area contributed by atoms with Crippen molar-refractivity contribution in [3.63, 3.8) is 0 Å². The molecule has 1 amide bonds. The van der Waals surface area contributed by atoms with Crippen LogP contribution < -0.4 is 5.73 Å². The minimum atomic E-state index is -0.470. The Balaban J connectivity index is 2.72. The van der Waals surface area contributed by atoms with E-state index in [4.69, 9.17) is 10.8 Å². The van der Waals surface area contributed by atoms with Crippen molar-refractivity contribution in [2.75, 3.05) is 12.4 Å². The van der Waals surface area contributed by atoms with Gasteiger partial charge >= 0.3 is 0 Å². The Morgan fingerprint density at radius 2 is 2.47 bits per heavy atom. The van der Waals surface area contributed by atoms with Gasteiger partial charge in [-0.1, -0.05) is 6.92 Å². The third-order valence-electron chi connectivity index (χ3n) is 1.85. The number of carbonyl (C=O) groups excluding carboxylic acids is 1. The molecule has 1 unspecified atom stereocenters. The van der Waals surface area contributed by atoms with Gasteiger partial charge < -0.3 is 10.8 Å². The Morgan fingerprint density at radius 1 is 1.73 bits per heavy atom. The monoisotopic (exact) mass is 226 g/mol. The highest BCUT2D eigenvalue weighted by Gasteiger charge is 2.10. The van der Waals surface area contributed by atoms with E-state index in [1.807, 2.05) is 6.92 Å². The molecule has 0 aromatic carbocycles. The lowest BCUT2D eigenvalue weighted by Crippen LogP contribution is -2.13. The molecule has 0 aliphatic heterocycles. The highest BCUT2D eigenvalue weighted by atomic mass is 32.2. The van der Waals surface area contributed by atoms with E-state index in [0.29, 0.717) is 16.3 Å². The molecule has 82 valence electrons. The van der Waals surface area contributed by atoms with Crippen molar-refractivity contribution >= 4 is 17.7 Å². The number of aliphatic hydroxyl groups excluding tert-OH is 1. The van der Waals surface area contributed by atoms with Gasteiger partial charge in [0.05, 0.1) is 5.56 Å². The van der Waals surface area contributed by atoms with Crippen LogP contribution in [0.3, 0.4) is 0 Å². The third kappa shape index (κ3) is 3.53. The SMILES string of the molecule is CC(CO)CSc1ncccc1C(N)=O. The lowest BCUT2D eigenvalue weighted by molar-refractivity contribution is 0.0997. The summed E-state index contributed by atoms with van der Waals surface area (Å²) in [4.78, 5) is 15.1. The van der Waals surface area contributed by atoms with E-state index in [9.17, 15) is 4.79 Å². The number of hydrogen-bond acceptors (Lipinski definition) is 4. The molecule has 1 atom stereocenters. The van der Waals surface area contributed by atoms with E-state index >= 15 is 0 Å². The second-order valence-corrected chi connectivity index (χ2v) is 4.33. The van der Waals surface area contributed by atoms with Crippen LogP contribution in [0.25, 0.3) is 0 Å². The summed E-state index contributed by atoms with van der Waals surface area (Å²) in [7, 11) is 0. The lowest BCUT2D eigenvalue weighted by Gasteiger charge is -2.08. The second kappa shape index (κ2) is 5.72. The van der Waals surface area contributed by atoms with Crippen molar-refractivity contribution in [2.45, 2.75) is 11.9 Å². The Labute approximate surface area is 92.9 Å². The standard InChI is InChI=1S/C10H14N2O2S/c1-7(5-13)6-15-10-8(9(11)14)3-2-4-12-10/h2-4,7,13H,5-6H2,1H3,(H2,11,14). The molecule has 0 aliphatic rings. The summed E-state index contributed by atoms with van der Waals surface area (Å²) in [5.41, 5.74) is 5.65. The fraction of sp³-hybridized carbons (Fsp3) is 0.400. The molecular weight excluding hydrogens is 212 g/mol. The van der Waals surface area contributed by atoms with Crippen LogP contribution in [0.15, 0.2) is 23.4 Å². The lowest BCUT2D eigenvalue weighted by atomic mass is 10.2. The first-order valence-electron chi connectivity index (χ1n) is 4.63. The van der Waals surface area contributed by atoms with Crippen molar-refractivity contribution < 1.29 is 9.90 Å². The first-order chi connectivity index (χ1) is 7.15. The second-order valence-electron chi connectivity index (χ2n) is 3.32. The van der Waals surface area contributed by atoms with Crippen LogP contribution in [0, 0.1) is 5.92 Å². The zero-order chi connectivity index (χ0) is 11.3. The predicted molar refractivity (Wildman–Crippen MR) is 59.7 cm³/mol. The number of carbonyl (C=O) groups is 1. The minimum absolute atomic E-state index is 0.131. The Bertz CT molecular complexity index is 344. The molecule has 3 N–H and O–H groups in total. The molecule has 0 saturated heterocycles. The number of aliphatic hydroxyl groups is 1. The van der Waals surface area contributed by atoms with Gasteiger partial charge in [0.1, 0.15) is 5.03 Å². The zero-order valence-electron chi connectivity index (χ0n) is 8.51. The topological polar surface area (TPSA) is 76.2 Å². The number of nitrogens with two attached hydrogens (primary N) is 1. The number of primary amides is 1. The molecule has 1 heterocycles. The van der Waals surface area contributed by atoms with E-state index in [1.165, 1.54) is 11.8 Å². The van der Waals surface area contributed by atoms with Crippen molar-refractivity contribution in [3.8, 4) is 0 Å². The predicted octanol–water partition coefficient (Wildman–Crippen LogP) is 0.901. The van der Waals surface area contributed by atoms with Crippen LogP contribution in [0.5, 0.6) is 0 Å². The number of thioether (sulfide) groups is 1. The maximum atomic E-state index is 11.1. The number of rotatable bonds is 5. The highest BCUT2D eigenvalue weighted by molar-refractivity contribution is 7.99. The van der Waals surface area contributed by atoms with Gasteiger partial charge in [0.15, 0.2) is 0 Å². The number of aromatic nitrogens is 1. The van der Waals surface area contributed by atoms with Crippen molar-refractivity contribution in [3.05, 3.63) is 23.9 Å². The Kier molecular flexibility index (Phi) is 4.58. The normalized spacial score (nSPS) is 12.4. The van der Waals surface area contributed by atoms with Crippen LogP contribution in [-0.4, -0.2) is 28.4 Å². The molecule has 5 heteroatoms. The number of amides is 1. The smallest absolute Gasteiger partial charge is 0.251 e. The number of hydrogen-bond donors (Lipinski definition) is 2. The number of nitrogens with zero attached hydrogens (tertiary/aromatic N) is 1. The summed E-state index contributed by atoms with van der Waals surface area (Å²) < 4.78 is 0. The molecule has 1 aromatic heterocycles. The molecule has 0 fully saturated rings. The summed E-state index contributed by atoms with van der Waals surface area (Å²) >= 11 is 1.44. The fourth-order valence-corrected chi connectivity index (χ4v) is 1.97. The summed E-state index contributed by atoms with van der Waals surface area (Å²) in [5.74, 6) is 0.424. The van der Waals surface area contributed by atoms with Crippen molar-refractivity contribution in [1.29, 1.82) is 0 Å². The van der Waals surface area contributed by atoms with Crippen LogP contribution in [0.2, 0.25) is 0 Å². The summed E-state index contributed by atoms with van der Waals surface area (Å²) in [6, 6.07) is 3.33. The van der Waals surface area contributed by atoms with E-state index in [1.54, 1.807) is 18.3 Å². The molecular formula is C10H14N2O2S. The van der Waals surface area contributed by atoms with Crippen LogP contribution in [0.1, 0.15) is 17.3 Å². The van der Waals surface area contributed by atoms with Gasteiger partial charge in [-0.05, 0) is 18.1 Å². The van der Waals surface area contributed by atoms with Gasteiger partial charge in [0, 0.05) is 18.6 Å². The van der Waals surface area contributed by atoms with Crippen molar-refractivity contribution in [1.82, 2.24) is 4.98 Å². The fourth-order valence-electron chi connectivity index (χ4n) is 0.967. The third-order valence-corrected chi connectivity index (χ3v) is 3.19. The van der Waals surface area contributed by atoms with E-state index < -0.39 is 5.91 Å². The quantitative estimate of drug-likeness (QED) is 0.731. The maximum Gasteiger partial charge on any atom is 0.251 e. The molecule has 1 aromatic rings. The molecule has 0 aliphatic carbocycles. The Morgan fingerprint density at radius 3 is 3.07 bits per heavy atom. The molecule has 15 heavy (non-hydrogen) atoms. The van der Waals surface area contributed by atoms with Crippen LogP contribution in [-0.2, 0) is 0 Å². The first-order valence-corrected chi connectivity index (χ1v) is 5.62. The van der Waals surface area contributed by atoms with Crippen molar-refractivity contribution in [2.24, 2.45) is 11.7 Å². The van der Waals surface area contributed by atoms with Gasteiger partial charge in [-0.2, -0.15) is 0 Å². The van der Waals surface area contributed by atoms with Gasteiger partial charge in [-0.3, -0.25) is 4.79 Å². The largest absolute Gasteiger partial charge is 0.396 e. The molecule has 0 bridgehead atoms.